The van der Waals surface area contributed by atoms with E-state index >= 15 is 0 Å². The minimum absolute atomic E-state index is 0. The van der Waals surface area contributed by atoms with Gasteiger partial charge in [0, 0.05) is 36.7 Å². The van der Waals surface area contributed by atoms with Gasteiger partial charge in [-0.15, -0.1) is 37.2 Å². The van der Waals surface area contributed by atoms with E-state index in [0.29, 0.717) is 5.92 Å². The fourth-order valence-electron chi connectivity index (χ4n) is 8.34. The molecule has 3 aliphatic rings. The summed E-state index contributed by atoms with van der Waals surface area (Å²) in [6, 6.07) is 19.7. The van der Waals surface area contributed by atoms with E-state index in [1.165, 1.54) is 23.7 Å². The third-order valence-electron chi connectivity index (χ3n) is 10.6. The number of aliphatic carboxylic acids is 1. The molecule has 1 saturated heterocycles. The molecule has 0 amide bonds. The number of hydrogen-bond acceptors (Lipinski definition) is 4. The van der Waals surface area contributed by atoms with Crippen molar-refractivity contribution < 1.29 is 14.3 Å². The predicted octanol–water partition coefficient (Wildman–Crippen LogP) is 7.22. The first-order valence-electron chi connectivity index (χ1n) is 15.8. The number of hydrogen-bond donors (Lipinski definition) is 1. The normalized spacial score (nSPS) is 22.8. The van der Waals surface area contributed by atoms with Gasteiger partial charge >= 0.3 is 5.97 Å². The monoisotopic (exact) mass is 680 g/mol. The Bertz CT molecular complexity index is 1400. The fraction of sp³-hybridized carbons (Fsp3) is 0.543. The minimum Gasteiger partial charge on any atom is -0.480 e. The molecule has 6 nitrogen and oxygen atoms in total. The van der Waals surface area contributed by atoms with Crippen molar-refractivity contribution in [2.24, 2.45) is 11.8 Å². The number of rotatable bonds is 9. The second-order valence-electron chi connectivity index (χ2n) is 13.5. The summed E-state index contributed by atoms with van der Waals surface area (Å²) in [6.45, 7) is 8.04. The summed E-state index contributed by atoms with van der Waals surface area (Å²) in [5.41, 5.74) is 5.14. The molecule has 10 heteroatoms. The van der Waals surface area contributed by atoms with Crippen LogP contribution in [0.5, 0.6) is 0 Å². The molecule has 2 fully saturated rings. The van der Waals surface area contributed by atoms with Crippen molar-refractivity contribution in [1.29, 1.82) is 0 Å². The van der Waals surface area contributed by atoms with E-state index in [4.69, 9.17) is 5.10 Å². The van der Waals surface area contributed by atoms with Crippen molar-refractivity contribution in [3.05, 3.63) is 89.0 Å². The van der Waals surface area contributed by atoms with Crippen LogP contribution in [0.1, 0.15) is 74.4 Å². The maximum Gasteiger partial charge on any atom is 0.321 e. The number of piperidine rings is 1. The molecule has 1 N–H and O–H groups in total. The molecular formula is C35H48Cl3FN4O2. The maximum atomic E-state index is 14.3. The zero-order chi connectivity index (χ0) is 29.4. The van der Waals surface area contributed by atoms with E-state index in [0.717, 1.165) is 69.5 Å². The summed E-state index contributed by atoms with van der Waals surface area (Å²) in [5, 5.41) is 14.9. The summed E-state index contributed by atoms with van der Waals surface area (Å²) in [7, 11) is 1.97. The number of aromatic nitrogens is 2. The Labute approximate surface area is 286 Å². The molecule has 1 aromatic heterocycles. The number of benzene rings is 2. The van der Waals surface area contributed by atoms with Gasteiger partial charge in [-0.05, 0) is 99.3 Å². The lowest BCUT2D eigenvalue weighted by Crippen LogP contribution is -2.47. The second kappa shape index (κ2) is 15.6. The van der Waals surface area contributed by atoms with E-state index in [2.05, 4.69) is 56.9 Å². The van der Waals surface area contributed by atoms with Crippen molar-refractivity contribution in [1.82, 2.24) is 19.6 Å². The molecule has 0 unspecified atom stereocenters. The first-order chi connectivity index (χ1) is 20.2. The van der Waals surface area contributed by atoms with Crippen molar-refractivity contribution in [2.75, 3.05) is 26.7 Å². The molecular weight excluding hydrogens is 634 g/mol. The van der Waals surface area contributed by atoms with Crippen molar-refractivity contribution in [2.45, 2.75) is 82.3 Å². The highest BCUT2D eigenvalue weighted by molar-refractivity contribution is 5.86. The number of nitrogens with zero attached hydrogens (tertiary/aromatic N) is 4. The van der Waals surface area contributed by atoms with Crippen LogP contribution in [-0.4, -0.2) is 69.4 Å². The summed E-state index contributed by atoms with van der Waals surface area (Å²) in [4.78, 5) is 16.8. The molecule has 45 heavy (non-hydrogen) atoms. The van der Waals surface area contributed by atoms with Gasteiger partial charge in [0.1, 0.15) is 11.9 Å². The van der Waals surface area contributed by atoms with Crippen LogP contribution in [0.4, 0.5) is 4.39 Å². The van der Waals surface area contributed by atoms with E-state index in [1.54, 1.807) is 6.07 Å². The highest BCUT2D eigenvalue weighted by atomic mass is 35.5. The second-order valence-corrected chi connectivity index (χ2v) is 13.5. The molecule has 1 spiro atoms. The SMILES string of the molecule is CC(C)[C@H](C(=O)O)N(C)[C@H]1C[C@H](CN2CCC3(CC2)CCn2nc(Cc4ccccc4)cc23)[C@@H](c2cccc(F)c2)C1.Cl.Cl.Cl. The van der Waals surface area contributed by atoms with E-state index in [-0.39, 0.29) is 66.3 Å². The van der Waals surface area contributed by atoms with Gasteiger partial charge in [0.15, 0.2) is 0 Å². The highest BCUT2D eigenvalue weighted by Gasteiger charge is 2.45. The zero-order valence-corrected chi connectivity index (χ0v) is 28.9. The quantitative estimate of drug-likeness (QED) is 0.259. The highest BCUT2D eigenvalue weighted by Crippen LogP contribution is 2.46. The number of aryl methyl sites for hydroxylation is 1. The molecule has 3 heterocycles. The standard InChI is InChI=1S/C35H45FN4O2.3ClH/c1-24(2)33(34(41)42)38(3)30-20-27(31(22-30)26-10-7-11-28(36)19-26)23-39-15-12-35(13-16-39)14-17-40-32(35)21-29(37-40)18-25-8-5-4-6-9-25;;;/h4-11,19,21,24,27,30-31,33H,12-18,20,22-23H2,1-3H3,(H,41,42);3*1H/t27-,30+,31-,33-;;;/m1.../s1. The van der Waals surface area contributed by atoms with E-state index in [9.17, 15) is 14.3 Å². The first kappa shape index (κ1) is 37.3. The molecule has 4 atom stereocenters. The molecule has 2 aromatic carbocycles. The molecule has 2 aliphatic heterocycles. The minimum atomic E-state index is -0.762. The van der Waals surface area contributed by atoms with Crippen molar-refractivity contribution >= 4 is 43.2 Å². The molecule has 6 rings (SSSR count). The number of carboxylic acid groups (broad SMARTS) is 1. The first-order valence-corrected chi connectivity index (χ1v) is 15.8. The average Bonchev–Trinajstić information content (AvgIpc) is 3.65. The summed E-state index contributed by atoms with van der Waals surface area (Å²) in [6.07, 6.45) is 6.12. The topological polar surface area (TPSA) is 61.6 Å². The average molecular weight is 682 g/mol. The maximum absolute atomic E-state index is 14.3. The van der Waals surface area contributed by atoms with Gasteiger partial charge < -0.3 is 10.0 Å². The molecule has 0 radical (unpaired) electrons. The summed E-state index contributed by atoms with van der Waals surface area (Å²) in [5.74, 6) is -0.355. The zero-order valence-electron chi connectivity index (χ0n) is 26.5. The Morgan fingerprint density at radius 2 is 1.69 bits per heavy atom. The van der Waals surface area contributed by atoms with Crippen LogP contribution in [0.15, 0.2) is 60.7 Å². The van der Waals surface area contributed by atoms with Crippen LogP contribution < -0.4 is 0 Å². The lowest BCUT2D eigenvalue weighted by Gasteiger charge is -2.40. The Kier molecular flexibility index (Phi) is 12.9. The van der Waals surface area contributed by atoms with Gasteiger partial charge in [-0.25, -0.2) is 4.39 Å². The van der Waals surface area contributed by atoms with Crippen LogP contribution >= 0.6 is 37.2 Å². The van der Waals surface area contributed by atoms with E-state index in [1.807, 2.05) is 27.0 Å². The number of fused-ring (bicyclic) bond motifs is 2. The largest absolute Gasteiger partial charge is 0.480 e. The van der Waals surface area contributed by atoms with Gasteiger partial charge in [-0.1, -0.05) is 56.3 Å². The Morgan fingerprint density at radius 3 is 2.33 bits per heavy atom. The Hall–Kier alpha value is -2.16. The van der Waals surface area contributed by atoms with Crippen LogP contribution in [0.25, 0.3) is 0 Å². The Balaban J connectivity index is 0.00000184. The van der Waals surface area contributed by atoms with Crippen LogP contribution in [0.3, 0.4) is 0 Å². The number of likely N-dealkylation sites (N-methyl/N-ethyl adjacent to an activating group) is 1. The Morgan fingerprint density at radius 1 is 1.00 bits per heavy atom. The predicted molar refractivity (Wildman–Crippen MR) is 185 cm³/mol. The number of likely N-dealkylation sites (tertiary alicyclic amines) is 1. The van der Waals surface area contributed by atoms with Crippen molar-refractivity contribution in [3.63, 3.8) is 0 Å². The van der Waals surface area contributed by atoms with E-state index < -0.39 is 12.0 Å². The molecule has 1 aliphatic carbocycles. The fourth-order valence-corrected chi connectivity index (χ4v) is 8.34. The van der Waals surface area contributed by atoms with Gasteiger partial charge in [0.05, 0.1) is 5.69 Å². The molecule has 0 bridgehead atoms. The number of carbonyl (C=O) groups is 1. The lowest BCUT2D eigenvalue weighted by atomic mass is 9.74. The lowest BCUT2D eigenvalue weighted by molar-refractivity contribution is -0.145. The smallest absolute Gasteiger partial charge is 0.321 e. The van der Waals surface area contributed by atoms with Crippen LogP contribution in [0, 0.1) is 17.7 Å². The van der Waals surface area contributed by atoms with Crippen LogP contribution in [0.2, 0.25) is 0 Å². The number of halogens is 4. The number of carboxylic acids is 1. The summed E-state index contributed by atoms with van der Waals surface area (Å²) >= 11 is 0. The van der Waals surface area contributed by atoms with Crippen LogP contribution in [-0.2, 0) is 23.2 Å². The third kappa shape index (κ3) is 7.87. The van der Waals surface area contributed by atoms with Gasteiger partial charge in [-0.2, -0.15) is 5.10 Å². The van der Waals surface area contributed by atoms with Crippen molar-refractivity contribution in [3.8, 4) is 0 Å². The van der Waals surface area contributed by atoms with Gasteiger partial charge in [0.25, 0.3) is 0 Å². The van der Waals surface area contributed by atoms with Gasteiger partial charge in [-0.3, -0.25) is 14.4 Å². The van der Waals surface area contributed by atoms with Gasteiger partial charge in [0.2, 0.25) is 0 Å². The molecule has 248 valence electrons. The third-order valence-corrected chi connectivity index (χ3v) is 10.6. The molecule has 3 aromatic rings. The summed E-state index contributed by atoms with van der Waals surface area (Å²) < 4.78 is 16.6. The molecule has 1 saturated carbocycles.